The Morgan fingerprint density at radius 1 is 1.08 bits per heavy atom. The van der Waals surface area contributed by atoms with Crippen molar-refractivity contribution in [1.82, 2.24) is 10.2 Å². The van der Waals surface area contributed by atoms with Gasteiger partial charge >= 0.3 is 0 Å². The summed E-state index contributed by atoms with van der Waals surface area (Å²) in [4.78, 5) is 27.7. The Bertz CT molecular complexity index is 567. The standard InChI is InChI=1S/C18H25N3O3/c22-17(14-21-8-2-1-3-18(21)23)19-13-15-4-6-16(7-5-15)20-9-11-24-12-10-20/h4-7H,1-3,8-14H2,(H,19,22). The summed E-state index contributed by atoms with van der Waals surface area (Å²) in [5, 5.41) is 2.90. The molecule has 2 aliphatic rings. The zero-order valence-electron chi connectivity index (χ0n) is 14.0. The van der Waals surface area contributed by atoms with E-state index in [0.717, 1.165) is 44.7 Å². The van der Waals surface area contributed by atoms with Gasteiger partial charge in [-0.05, 0) is 30.5 Å². The van der Waals surface area contributed by atoms with Crippen LogP contribution in [0.5, 0.6) is 0 Å². The molecule has 2 aliphatic heterocycles. The van der Waals surface area contributed by atoms with Crippen molar-refractivity contribution in [1.29, 1.82) is 0 Å². The van der Waals surface area contributed by atoms with E-state index in [9.17, 15) is 9.59 Å². The molecular formula is C18H25N3O3. The number of hydrogen-bond acceptors (Lipinski definition) is 4. The summed E-state index contributed by atoms with van der Waals surface area (Å²) in [6, 6.07) is 8.25. The predicted molar refractivity (Wildman–Crippen MR) is 91.8 cm³/mol. The molecule has 0 atom stereocenters. The van der Waals surface area contributed by atoms with Crippen molar-refractivity contribution in [2.24, 2.45) is 0 Å². The highest BCUT2D eigenvalue weighted by Gasteiger charge is 2.20. The topological polar surface area (TPSA) is 61.9 Å². The molecule has 1 aromatic rings. The molecule has 0 aromatic heterocycles. The van der Waals surface area contributed by atoms with Crippen molar-refractivity contribution in [2.45, 2.75) is 25.8 Å². The number of likely N-dealkylation sites (tertiary alicyclic amines) is 1. The number of nitrogens with one attached hydrogen (secondary N) is 1. The van der Waals surface area contributed by atoms with Crippen LogP contribution >= 0.6 is 0 Å². The van der Waals surface area contributed by atoms with Crippen LogP contribution in [-0.2, 0) is 20.9 Å². The van der Waals surface area contributed by atoms with Gasteiger partial charge in [-0.15, -0.1) is 0 Å². The minimum Gasteiger partial charge on any atom is -0.378 e. The number of nitrogens with zero attached hydrogens (tertiary/aromatic N) is 2. The van der Waals surface area contributed by atoms with Gasteiger partial charge in [0.2, 0.25) is 11.8 Å². The zero-order chi connectivity index (χ0) is 16.8. The summed E-state index contributed by atoms with van der Waals surface area (Å²) in [6.45, 7) is 4.73. The summed E-state index contributed by atoms with van der Waals surface area (Å²) in [5.74, 6) is -0.00577. The van der Waals surface area contributed by atoms with E-state index in [4.69, 9.17) is 4.74 Å². The second-order valence-electron chi connectivity index (χ2n) is 6.31. The molecule has 2 heterocycles. The molecule has 0 spiro atoms. The SMILES string of the molecule is O=C(CN1CCCCC1=O)NCc1ccc(N2CCOCC2)cc1. The molecule has 1 aromatic carbocycles. The van der Waals surface area contributed by atoms with Gasteiger partial charge in [0, 0.05) is 38.3 Å². The molecule has 2 amide bonds. The predicted octanol–water partition coefficient (Wildman–Crippen LogP) is 1.15. The Hall–Kier alpha value is -2.08. The van der Waals surface area contributed by atoms with Crippen molar-refractivity contribution in [3.8, 4) is 0 Å². The number of benzene rings is 1. The molecule has 130 valence electrons. The Labute approximate surface area is 142 Å². The number of rotatable bonds is 5. The van der Waals surface area contributed by atoms with Crippen LogP contribution in [0.15, 0.2) is 24.3 Å². The minimum absolute atomic E-state index is 0.0891. The highest BCUT2D eigenvalue weighted by atomic mass is 16.5. The minimum atomic E-state index is -0.0949. The number of piperidine rings is 1. The molecule has 0 bridgehead atoms. The van der Waals surface area contributed by atoms with Gasteiger partial charge in [0.15, 0.2) is 0 Å². The molecule has 3 rings (SSSR count). The Kier molecular flexibility index (Phi) is 5.69. The number of carbonyl (C=O) groups is 2. The highest BCUT2D eigenvalue weighted by Crippen LogP contribution is 2.16. The van der Waals surface area contributed by atoms with Gasteiger partial charge in [-0.2, -0.15) is 0 Å². The third-order valence-electron chi connectivity index (χ3n) is 4.56. The molecule has 0 aliphatic carbocycles. The van der Waals surface area contributed by atoms with Crippen molar-refractivity contribution in [2.75, 3.05) is 44.3 Å². The van der Waals surface area contributed by atoms with E-state index in [1.165, 1.54) is 5.69 Å². The van der Waals surface area contributed by atoms with Gasteiger partial charge in [0.1, 0.15) is 0 Å². The van der Waals surface area contributed by atoms with Crippen LogP contribution in [0.4, 0.5) is 5.69 Å². The Morgan fingerprint density at radius 3 is 2.54 bits per heavy atom. The largest absolute Gasteiger partial charge is 0.378 e. The molecule has 6 nitrogen and oxygen atoms in total. The van der Waals surface area contributed by atoms with Crippen LogP contribution in [-0.4, -0.2) is 56.1 Å². The molecule has 2 fully saturated rings. The highest BCUT2D eigenvalue weighted by molar-refractivity contribution is 5.85. The van der Waals surface area contributed by atoms with Crippen molar-refractivity contribution < 1.29 is 14.3 Å². The van der Waals surface area contributed by atoms with E-state index in [2.05, 4.69) is 22.3 Å². The Balaban J connectivity index is 1.45. The first-order valence-electron chi connectivity index (χ1n) is 8.68. The number of amides is 2. The molecule has 0 unspecified atom stereocenters. The number of hydrogen-bond donors (Lipinski definition) is 1. The van der Waals surface area contributed by atoms with Gasteiger partial charge in [-0.25, -0.2) is 0 Å². The van der Waals surface area contributed by atoms with Crippen molar-refractivity contribution in [3.63, 3.8) is 0 Å². The lowest BCUT2D eigenvalue weighted by atomic mass is 10.1. The van der Waals surface area contributed by atoms with Crippen LogP contribution in [0.25, 0.3) is 0 Å². The van der Waals surface area contributed by atoms with Crippen molar-refractivity contribution in [3.05, 3.63) is 29.8 Å². The van der Waals surface area contributed by atoms with Crippen LogP contribution in [0.3, 0.4) is 0 Å². The fourth-order valence-corrected chi connectivity index (χ4v) is 3.11. The van der Waals surface area contributed by atoms with E-state index < -0.39 is 0 Å². The average molecular weight is 331 g/mol. The zero-order valence-corrected chi connectivity index (χ0v) is 14.0. The molecular weight excluding hydrogens is 306 g/mol. The second-order valence-corrected chi connectivity index (χ2v) is 6.31. The second kappa shape index (κ2) is 8.15. The first kappa shape index (κ1) is 16.8. The number of carbonyl (C=O) groups excluding carboxylic acids is 2. The van der Waals surface area contributed by atoms with E-state index >= 15 is 0 Å². The third-order valence-corrected chi connectivity index (χ3v) is 4.56. The summed E-state index contributed by atoms with van der Waals surface area (Å²) in [5.41, 5.74) is 2.25. The molecule has 24 heavy (non-hydrogen) atoms. The van der Waals surface area contributed by atoms with Crippen molar-refractivity contribution >= 4 is 17.5 Å². The fourth-order valence-electron chi connectivity index (χ4n) is 3.11. The third kappa shape index (κ3) is 4.47. The average Bonchev–Trinajstić information content (AvgIpc) is 2.63. The first-order chi connectivity index (χ1) is 11.7. The lowest BCUT2D eigenvalue weighted by Gasteiger charge is -2.29. The van der Waals surface area contributed by atoms with Gasteiger partial charge in [-0.3, -0.25) is 9.59 Å². The lowest BCUT2D eigenvalue weighted by Crippen LogP contribution is -2.42. The fraction of sp³-hybridized carbons (Fsp3) is 0.556. The van der Waals surface area contributed by atoms with Crippen LogP contribution in [0, 0.1) is 0 Å². The summed E-state index contributed by atoms with van der Waals surface area (Å²) in [7, 11) is 0. The van der Waals surface area contributed by atoms with E-state index in [1.54, 1.807) is 4.90 Å². The molecule has 2 saturated heterocycles. The monoisotopic (exact) mass is 331 g/mol. The maximum absolute atomic E-state index is 12.0. The van der Waals surface area contributed by atoms with Gasteiger partial charge in [-0.1, -0.05) is 12.1 Å². The van der Waals surface area contributed by atoms with Crippen LogP contribution < -0.4 is 10.2 Å². The molecule has 0 saturated carbocycles. The van der Waals surface area contributed by atoms with Gasteiger partial charge in [0.25, 0.3) is 0 Å². The molecule has 0 radical (unpaired) electrons. The molecule has 1 N–H and O–H groups in total. The summed E-state index contributed by atoms with van der Waals surface area (Å²) >= 11 is 0. The number of anilines is 1. The number of morpholine rings is 1. The number of ether oxygens (including phenoxy) is 1. The smallest absolute Gasteiger partial charge is 0.239 e. The maximum Gasteiger partial charge on any atom is 0.239 e. The van der Waals surface area contributed by atoms with E-state index in [1.807, 2.05) is 12.1 Å². The summed E-state index contributed by atoms with van der Waals surface area (Å²) in [6.07, 6.45) is 2.49. The quantitative estimate of drug-likeness (QED) is 0.879. The Morgan fingerprint density at radius 2 is 1.83 bits per heavy atom. The normalized spacial score (nSPS) is 18.6. The molecule has 6 heteroatoms. The first-order valence-corrected chi connectivity index (χ1v) is 8.68. The van der Waals surface area contributed by atoms with Gasteiger partial charge in [0.05, 0.1) is 19.8 Å². The van der Waals surface area contributed by atoms with Gasteiger partial charge < -0.3 is 19.9 Å². The van der Waals surface area contributed by atoms with Crippen LogP contribution in [0.1, 0.15) is 24.8 Å². The lowest BCUT2D eigenvalue weighted by molar-refractivity contribution is -0.137. The summed E-state index contributed by atoms with van der Waals surface area (Å²) < 4.78 is 5.36. The van der Waals surface area contributed by atoms with Crippen LogP contribution in [0.2, 0.25) is 0 Å². The van der Waals surface area contributed by atoms with E-state index in [-0.39, 0.29) is 18.4 Å². The maximum atomic E-state index is 12.0. The van der Waals surface area contributed by atoms with E-state index in [0.29, 0.717) is 19.5 Å².